The van der Waals surface area contributed by atoms with E-state index < -0.39 is 0 Å². The summed E-state index contributed by atoms with van der Waals surface area (Å²) in [5.74, 6) is 0.865. The van der Waals surface area contributed by atoms with Gasteiger partial charge in [-0.3, -0.25) is 9.59 Å². The molecule has 3 rings (SSSR count). The number of fused-ring (bicyclic) bond motifs is 1. The maximum Gasteiger partial charge on any atom is 0.258 e. The molecule has 1 aromatic carbocycles. The molecule has 0 spiro atoms. The summed E-state index contributed by atoms with van der Waals surface area (Å²) in [5, 5.41) is 4.46. The summed E-state index contributed by atoms with van der Waals surface area (Å²) >= 11 is 0. The second-order valence-electron chi connectivity index (χ2n) is 7.02. The highest BCUT2D eigenvalue weighted by Crippen LogP contribution is 2.30. The van der Waals surface area contributed by atoms with E-state index in [4.69, 9.17) is 4.74 Å². The predicted octanol–water partition coefficient (Wildman–Crippen LogP) is 3.41. The summed E-state index contributed by atoms with van der Waals surface area (Å²) in [7, 11) is 1.62. The molecule has 0 atom stereocenters. The highest BCUT2D eigenvalue weighted by molar-refractivity contribution is 6.02. The van der Waals surface area contributed by atoms with Crippen molar-refractivity contribution in [3.63, 3.8) is 0 Å². The van der Waals surface area contributed by atoms with E-state index in [1.165, 1.54) is 0 Å². The Hall–Kier alpha value is -2.14. The van der Waals surface area contributed by atoms with Crippen molar-refractivity contribution in [2.75, 3.05) is 19.0 Å². The van der Waals surface area contributed by atoms with Crippen molar-refractivity contribution < 1.29 is 9.53 Å². The van der Waals surface area contributed by atoms with Crippen LogP contribution in [0.5, 0.6) is 0 Å². The van der Waals surface area contributed by atoms with Gasteiger partial charge < -0.3 is 14.6 Å². The molecule has 1 aliphatic carbocycles. The Kier molecular flexibility index (Phi) is 5.53. The maximum absolute atomic E-state index is 12.6. The number of hydrogen-bond acceptors (Lipinski definition) is 3. The number of benzene rings is 1. The summed E-state index contributed by atoms with van der Waals surface area (Å²) in [6.07, 6.45) is 5.88. The van der Waals surface area contributed by atoms with Crippen LogP contribution < -0.4 is 10.9 Å². The van der Waals surface area contributed by atoms with Gasteiger partial charge in [-0.25, -0.2) is 0 Å². The minimum atomic E-state index is -0.0582. The number of pyridine rings is 1. The first-order valence-corrected chi connectivity index (χ1v) is 9.02. The lowest BCUT2D eigenvalue weighted by Crippen LogP contribution is -2.27. The van der Waals surface area contributed by atoms with Crippen molar-refractivity contribution in [1.82, 2.24) is 4.57 Å². The lowest BCUT2D eigenvalue weighted by molar-refractivity contribution is -0.121. The van der Waals surface area contributed by atoms with Crippen molar-refractivity contribution in [2.45, 2.75) is 39.2 Å². The molecule has 0 saturated heterocycles. The normalized spacial score (nSPS) is 20.6. The van der Waals surface area contributed by atoms with Crippen LogP contribution in [-0.4, -0.2) is 24.2 Å². The second-order valence-corrected chi connectivity index (χ2v) is 7.02. The quantitative estimate of drug-likeness (QED) is 0.906. The maximum atomic E-state index is 12.6. The number of nitrogens with zero attached hydrogens (tertiary/aromatic N) is 1. The Bertz CT molecular complexity index is 804. The molecule has 0 radical (unpaired) electrons. The number of methoxy groups -OCH3 is 1. The molecule has 1 heterocycles. The van der Waals surface area contributed by atoms with E-state index in [2.05, 4.69) is 12.2 Å². The molecule has 1 N–H and O–H groups in total. The van der Waals surface area contributed by atoms with Crippen LogP contribution in [0, 0.1) is 11.8 Å². The van der Waals surface area contributed by atoms with E-state index in [0.717, 1.165) is 36.8 Å². The molecule has 25 heavy (non-hydrogen) atoms. The van der Waals surface area contributed by atoms with Gasteiger partial charge in [-0.05, 0) is 49.8 Å². The molecule has 1 saturated carbocycles. The SMILES string of the molecule is COCCn1ccc2c(NC(=O)C3CCC(C)CC3)cccc2c1=O. The van der Waals surface area contributed by atoms with Crippen LogP contribution in [0.3, 0.4) is 0 Å². The Balaban J connectivity index is 1.83. The molecule has 0 aliphatic heterocycles. The fraction of sp³-hybridized carbons (Fsp3) is 0.500. The van der Waals surface area contributed by atoms with E-state index in [1.54, 1.807) is 23.9 Å². The largest absolute Gasteiger partial charge is 0.383 e. The summed E-state index contributed by atoms with van der Waals surface area (Å²) in [4.78, 5) is 25.2. The van der Waals surface area contributed by atoms with Gasteiger partial charge in [-0.15, -0.1) is 0 Å². The van der Waals surface area contributed by atoms with Gasteiger partial charge in [0.2, 0.25) is 5.91 Å². The third kappa shape index (κ3) is 3.93. The number of nitrogens with one attached hydrogen (secondary N) is 1. The smallest absolute Gasteiger partial charge is 0.258 e. The Morgan fingerprint density at radius 1 is 1.20 bits per heavy atom. The molecule has 1 amide bonds. The first kappa shape index (κ1) is 17.7. The lowest BCUT2D eigenvalue weighted by atomic mass is 9.82. The van der Waals surface area contributed by atoms with Gasteiger partial charge in [-0.1, -0.05) is 13.0 Å². The zero-order valence-electron chi connectivity index (χ0n) is 15.0. The van der Waals surface area contributed by atoms with Crippen LogP contribution in [0.25, 0.3) is 10.8 Å². The summed E-state index contributed by atoms with van der Waals surface area (Å²) in [6.45, 7) is 3.25. The van der Waals surface area contributed by atoms with E-state index in [-0.39, 0.29) is 17.4 Å². The number of amides is 1. The molecule has 2 aromatic rings. The van der Waals surface area contributed by atoms with Gasteiger partial charge in [0.15, 0.2) is 0 Å². The highest BCUT2D eigenvalue weighted by atomic mass is 16.5. The summed E-state index contributed by atoms with van der Waals surface area (Å²) in [6, 6.07) is 7.39. The number of rotatable bonds is 5. The fourth-order valence-corrected chi connectivity index (χ4v) is 3.55. The van der Waals surface area contributed by atoms with Gasteiger partial charge in [0.25, 0.3) is 5.56 Å². The average Bonchev–Trinajstić information content (AvgIpc) is 2.62. The van der Waals surface area contributed by atoms with Crippen molar-refractivity contribution in [2.24, 2.45) is 11.8 Å². The molecule has 1 fully saturated rings. The third-order valence-corrected chi connectivity index (χ3v) is 5.20. The number of aromatic nitrogens is 1. The zero-order valence-corrected chi connectivity index (χ0v) is 15.0. The van der Waals surface area contributed by atoms with Crippen LogP contribution in [0.2, 0.25) is 0 Å². The molecule has 5 nitrogen and oxygen atoms in total. The van der Waals surface area contributed by atoms with E-state index in [9.17, 15) is 9.59 Å². The summed E-state index contributed by atoms with van der Waals surface area (Å²) < 4.78 is 6.69. The van der Waals surface area contributed by atoms with Gasteiger partial charge in [0, 0.05) is 42.2 Å². The Morgan fingerprint density at radius 3 is 2.68 bits per heavy atom. The van der Waals surface area contributed by atoms with Crippen LogP contribution >= 0.6 is 0 Å². The van der Waals surface area contributed by atoms with Gasteiger partial charge in [-0.2, -0.15) is 0 Å². The van der Waals surface area contributed by atoms with Crippen LogP contribution in [0.4, 0.5) is 5.69 Å². The molecule has 0 unspecified atom stereocenters. The van der Waals surface area contributed by atoms with E-state index in [0.29, 0.717) is 24.5 Å². The molecule has 134 valence electrons. The summed E-state index contributed by atoms with van der Waals surface area (Å²) in [5.41, 5.74) is 0.661. The molecular weight excluding hydrogens is 316 g/mol. The molecular formula is C20H26N2O3. The van der Waals surface area contributed by atoms with Crippen molar-refractivity contribution >= 4 is 22.4 Å². The van der Waals surface area contributed by atoms with E-state index >= 15 is 0 Å². The third-order valence-electron chi connectivity index (χ3n) is 5.20. The van der Waals surface area contributed by atoms with Crippen molar-refractivity contribution in [3.8, 4) is 0 Å². The number of ether oxygens (including phenoxy) is 1. The van der Waals surface area contributed by atoms with Gasteiger partial charge in [0.1, 0.15) is 0 Å². The van der Waals surface area contributed by atoms with Crippen LogP contribution in [-0.2, 0) is 16.1 Å². The minimum Gasteiger partial charge on any atom is -0.383 e. The topological polar surface area (TPSA) is 60.3 Å². The second kappa shape index (κ2) is 7.83. The van der Waals surface area contributed by atoms with Crippen molar-refractivity contribution in [1.29, 1.82) is 0 Å². The number of anilines is 1. The van der Waals surface area contributed by atoms with Gasteiger partial charge in [0.05, 0.1) is 6.61 Å². The Morgan fingerprint density at radius 2 is 1.96 bits per heavy atom. The molecule has 0 bridgehead atoms. The predicted molar refractivity (Wildman–Crippen MR) is 99.8 cm³/mol. The van der Waals surface area contributed by atoms with Crippen LogP contribution in [0.1, 0.15) is 32.6 Å². The van der Waals surface area contributed by atoms with Crippen LogP contribution in [0.15, 0.2) is 35.3 Å². The Labute approximate surface area is 148 Å². The minimum absolute atomic E-state index is 0.0582. The number of hydrogen-bond donors (Lipinski definition) is 1. The highest BCUT2D eigenvalue weighted by Gasteiger charge is 2.24. The van der Waals surface area contributed by atoms with E-state index in [1.807, 2.05) is 18.2 Å². The first-order chi connectivity index (χ1) is 12.1. The van der Waals surface area contributed by atoms with Crippen molar-refractivity contribution in [3.05, 3.63) is 40.8 Å². The standard InChI is InChI=1S/C20H26N2O3/c1-14-6-8-15(9-7-14)19(23)21-18-5-3-4-17-16(18)10-11-22(20(17)24)12-13-25-2/h3-5,10-11,14-15H,6-9,12-13H2,1-2H3,(H,21,23). The number of carbonyl (C=O) groups excluding carboxylic acids is 1. The van der Waals surface area contributed by atoms with Gasteiger partial charge >= 0.3 is 0 Å². The molecule has 5 heteroatoms. The first-order valence-electron chi connectivity index (χ1n) is 9.02. The lowest BCUT2D eigenvalue weighted by Gasteiger charge is -2.25. The molecule has 1 aliphatic rings. The number of carbonyl (C=O) groups is 1. The zero-order chi connectivity index (χ0) is 17.8. The average molecular weight is 342 g/mol. The monoisotopic (exact) mass is 342 g/mol. The fourth-order valence-electron chi connectivity index (χ4n) is 3.55. The molecule has 1 aromatic heterocycles.